The third-order valence-electron chi connectivity index (χ3n) is 2.84. The number of anilines is 1. The van der Waals surface area contributed by atoms with Crippen molar-refractivity contribution in [1.29, 1.82) is 0 Å². The first kappa shape index (κ1) is 10.7. The molecule has 0 saturated carbocycles. The summed E-state index contributed by atoms with van der Waals surface area (Å²) in [4.78, 5) is 24.4. The summed E-state index contributed by atoms with van der Waals surface area (Å²) in [7, 11) is 0. The van der Waals surface area contributed by atoms with E-state index in [9.17, 15) is 9.59 Å². The predicted octanol–water partition coefficient (Wildman–Crippen LogP) is 0.833. The molecule has 2 N–H and O–H groups in total. The summed E-state index contributed by atoms with van der Waals surface area (Å²) >= 11 is 0. The van der Waals surface area contributed by atoms with Crippen molar-refractivity contribution >= 4 is 17.5 Å². The number of carbonyl (C=O) groups is 2. The molecule has 0 spiro atoms. The van der Waals surface area contributed by atoms with Gasteiger partial charge in [0.1, 0.15) is 0 Å². The molecule has 1 aromatic rings. The molecule has 1 fully saturated rings. The van der Waals surface area contributed by atoms with E-state index in [1.165, 1.54) is 0 Å². The SMILES string of the molecule is Cc1cccc(N2C[C@@H](C(N)=O)CC2=O)c1. The van der Waals surface area contributed by atoms with Crippen LogP contribution in [-0.2, 0) is 9.59 Å². The lowest BCUT2D eigenvalue weighted by Crippen LogP contribution is -2.28. The number of nitrogens with zero attached hydrogens (tertiary/aromatic N) is 1. The third kappa shape index (κ3) is 1.91. The van der Waals surface area contributed by atoms with Crippen molar-refractivity contribution in [2.75, 3.05) is 11.4 Å². The van der Waals surface area contributed by atoms with Crippen molar-refractivity contribution in [3.05, 3.63) is 29.8 Å². The molecule has 1 aliphatic heterocycles. The van der Waals surface area contributed by atoms with Crippen LogP contribution < -0.4 is 10.6 Å². The van der Waals surface area contributed by atoms with Crippen molar-refractivity contribution in [1.82, 2.24) is 0 Å². The van der Waals surface area contributed by atoms with Crippen LogP contribution in [0.25, 0.3) is 0 Å². The van der Waals surface area contributed by atoms with Crippen LogP contribution in [0.5, 0.6) is 0 Å². The van der Waals surface area contributed by atoms with Crippen LogP contribution in [0.3, 0.4) is 0 Å². The summed E-state index contributed by atoms with van der Waals surface area (Å²) in [5.74, 6) is -0.786. The summed E-state index contributed by atoms with van der Waals surface area (Å²) < 4.78 is 0. The molecule has 0 radical (unpaired) electrons. The van der Waals surface area contributed by atoms with Crippen LogP contribution >= 0.6 is 0 Å². The van der Waals surface area contributed by atoms with Gasteiger partial charge in [-0.25, -0.2) is 0 Å². The Hall–Kier alpha value is -1.84. The van der Waals surface area contributed by atoms with Gasteiger partial charge >= 0.3 is 0 Å². The molecule has 2 amide bonds. The molecule has 1 saturated heterocycles. The first-order valence-electron chi connectivity index (χ1n) is 5.24. The van der Waals surface area contributed by atoms with Gasteiger partial charge in [0.15, 0.2) is 0 Å². The molecule has 1 atom stereocenters. The molecule has 84 valence electrons. The Kier molecular flexibility index (Phi) is 2.64. The van der Waals surface area contributed by atoms with E-state index in [2.05, 4.69) is 0 Å². The molecule has 0 aromatic heterocycles. The number of rotatable bonds is 2. The minimum atomic E-state index is -0.400. The van der Waals surface area contributed by atoms with Gasteiger partial charge in [-0.1, -0.05) is 12.1 Å². The molecule has 2 rings (SSSR count). The highest BCUT2D eigenvalue weighted by Crippen LogP contribution is 2.25. The number of amides is 2. The Labute approximate surface area is 94.0 Å². The van der Waals surface area contributed by atoms with Crippen LogP contribution in [0, 0.1) is 12.8 Å². The van der Waals surface area contributed by atoms with Gasteiger partial charge < -0.3 is 10.6 Å². The van der Waals surface area contributed by atoms with E-state index in [4.69, 9.17) is 5.73 Å². The number of hydrogen-bond donors (Lipinski definition) is 1. The maximum atomic E-state index is 11.7. The fourth-order valence-electron chi connectivity index (χ4n) is 1.94. The zero-order valence-corrected chi connectivity index (χ0v) is 9.14. The minimum absolute atomic E-state index is 0.0330. The molecule has 16 heavy (non-hydrogen) atoms. The summed E-state index contributed by atoms with van der Waals surface area (Å²) in [5.41, 5.74) is 7.14. The summed E-state index contributed by atoms with van der Waals surface area (Å²) in [6, 6.07) is 7.67. The smallest absolute Gasteiger partial charge is 0.227 e. The zero-order chi connectivity index (χ0) is 11.7. The number of aryl methyl sites for hydroxylation is 1. The monoisotopic (exact) mass is 218 g/mol. The standard InChI is InChI=1S/C12H14N2O2/c1-8-3-2-4-10(5-8)14-7-9(12(13)16)6-11(14)15/h2-5,9H,6-7H2,1H3,(H2,13,16)/t9-/m0/s1. The highest BCUT2D eigenvalue weighted by Gasteiger charge is 2.33. The fourth-order valence-corrected chi connectivity index (χ4v) is 1.94. The van der Waals surface area contributed by atoms with E-state index >= 15 is 0 Å². The Balaban J connectivity index is 2.23. The Morgan fingerprint density at radius 1 is 1.50 bits per heavy atom. The molecule has 0 unspecified atom stereocenters. The highest BCUT2D eigenvalue weighted by atomic mass is 16.2. The van der Waals surface area contributed by atoms with Gasteiger partial charge in [-0.2, -0.15) is 0 Å². The van der Waals surface area contributed by atoms with Crippen molar-refractivity contribution in [3.63, 3.8) is 0 Å². The summed E-state index contributed by atoms with van der Waals surface area (Å²) in [5, 5.41) is 0. The highest BCUT2D eigenvalue weighted by molar-refractivity contribution is 6.00. The van der Waals surface area contributed by atoms with Gasteiger partial charge in [0.2, 0.25) is 11.8 Å². The van der Waals surface area contributed by atoms with Crippen molar-refractivity contribution in [3.8, 4) is 0 Å². The van der Waals surface area contributed by atoms with E-state index in [1.54, 1.807) is 4.90 Å². The fraction of sp³-hybridized carbons (Fsp3) is 0.333. The van der Waals surface area contributed by atoms with Crippen LogP contribution in [0.1, 0.15) is 12.0 Å². The molecule has 4 heteroatoms. The first-order valence-corrected chi connectivity index (χ1v) is 5.24. The number of benzene rings is 1. The average Bonchev–Trinajstić information content (AvgIpc) is 2.60. The van der Waals surface area contributed by atoms with Gasteiger partial charge in [0.25, 0.3) is 0 Å². The average molecular weight is 218 g/mol. The third-order valence-corrected chi connectivity index (χ3v) is 2.84. The molecule has 4 nitrogen and oxygen atoms in total. The number of carbonyl (C=O) groups excluding carboxylic acids is 2. The lowest BCUT2D eigenvalue weighted by atomic mass is 10.1. The molecule has 0 aliphatic carbocycles. The van der Waals surface area contributed by atoms with Gasteiger partial charge in [-0.15, -0.1) is 0 Å². The van der Waals surface area contributed by atoms with E-state index in [1.807, 2.05) is 31.2 Å². The molecular weight excluding hydrogens is 204 g/mol. The molecule has 1 aromatic carbocycles. The quantitative estimate of drug-likeness (QED) is 0.799. The van der Waals surface area contributed by atoms with Crippen LogP contribution in [0.15, 0.2) is 24.3 Å². The molecular formula is C12H14N2O2. The Morgan fingerprint density at radius 2 is 2.25 bits per heavy atom. The van der Waals surface area contributed by atoms with Crippen LogP contribution in [-0.4, -0.2) is 18.4 Å². The summed E-state index contributed by atoms with van der Waals surface area (Å²) in [6.07, 6.45) is 0.225. The van der Waals surface area contributed by atoms with Gasteiger partial charge in [0.05, 0.1) is 5.92 Å². The van der Waals surface area contributed by atoms with Gasteiger partial charge in [-0.05, 0) is 24.6 Å². The lowest BCUT2D eigenvalue weighted by molar-refractivity contribution is -0.123. The number of primary amides is 1. The number of nitrogens with two attached hydrogens (primary N) is 1. The molecule has 0 bridgehead atoms. The second kappa shape index (κ2) is 3.96. The summed E-state index contributed by atoms with van der Waals surface area (Å²) in [6.45, 7) is 2.37. The normalized spacial score (nSPS) is 20.2. The Morgan fingerprint density at radius 3 is 2.81 bits per heavy atom. The largest absolute Gasteiger partial charge is 0.369 e. The van der Waals surface area contributed by atoms with E-state index in [0.29, 0.717) is 6.54 Å². The molecule has 1 aliphatic rings. The molecule has 1 heterocycles. The second-order valence-corrected chi connectivity index (χ2v) is 4.15. The van der Waals surface area contributed by atoms with Crippen LogP contribution in [0.2, 0.25) is 0 Å². The van der Waals surface area contributed by atoms with Crippen LogP contribution in [0.4, 0.5) is 5.69 Å². The predicted molar refractivity (Wildman–Crippen MR) is 60.8 cm³/mol. The van der Waals surface area contributed by atoms with E-state index in [0.717, 1.165) is 11.3 Å². The van der Waals surface area contributed by atoms with E-state index in [-0.39, 0.29) is 18.2 Å². The van der Waals surface area contributed by atoms with E-state index < -0.39 is 5.91 Å². The lowest BCUT2D eigenvalue weighted by Gasteiger charge is -2.16. The topological polar surface area (TPSA) is 63.4 Å². The van der Waals surface area contributed by atoms with Crippen molar-refractivity contribution < 1.29 is 9.59 Å². The Bertz CT molecular complexity index is 442. The van der Waals surface area contributed by atoms with Gasteiger partial charge in [0, 0.05) is 18.7 Å². The van der Waals surface area contributed by atoms with Crippen molar-refractivity contribution in [2.24, 2.45) is 11.7 Å². The first-order chi connectivity index (χ1) is 7.58. The second-order valence-electron chi connectivity index (χ2n) is 4.15. The minimum Gasteiger partial charge on any atom is -0.369 e. The van der Waals surface area contributed by atoms with Crippen molar-refractivity contribution in [2.45, 2.75) is 13.3 Å². The number of hydrogen-bond acceptors (Lipinski definition) is 2. The maximum absolute atomic E-state index is 11.7. The van der Waals surface area contributed by atoms with Gasteiger partial charge in [-0.3, -0.25) is 9.59 Å². The zero-order valence-electron chi connectivity index (χ0n) is 9.14. The maximum Gasteiger partial charge on any atom is 0.227 e.